The highest BCUT2D eigenvalue weighted by Crippen LogP contribution is 2.27. The number of thioether (sulfide) groups is 1. The maximum Gasteiger partial charge on any atom is 0.328 e. The zero-order chi connectivity index (χ0) is 18.7. The van der Waals surface area contributed by atoms with Crippen molar-refractivity contribution < 1.29 is 23.8 Å². The van der Waals surface area contributed by atoms with Gasteiger partial charge < -0.3 is 24.8 Å². The highest BCUT2D eigenvalue weighted by molar-refractivity contribution is 7.98. The molecular formula is C17H26N2O5S. The Morgan fingerprint density at radius 3 is 2.48 bits per heavy atom. The lowest BCUT2D eigenvalue weighted by Gasteiger charge is -2.16. The highest BCUT2D eigenvalue weighted by Gasteiger charge is 2.20. The van der Waals surface area contributed by atoms with Crippen LogP contribution < -0.4 is 20.1 Å². The first-order valence-electron chi connectivity index (χ1n) is 7.87. The van der Waals surface area contributed by atoms with Gasteiger partial charge >= 0.3 is 12.0 Å². The molecular weight excluding hydrogens is 344 g/mol. The molecule has 0 aliphatic carbocycles. The van der Waals surface area contributed by atoms with Gasteiger partial charge in [0.2, 0.25) is 0 Å². The Morgan fingerprint density at radius 2 is 1.88 bits per heavy atom. The summed E-state index contributed by atoms with van der Waals surface area (Å²) in [6.07, 6.45) is 3.09. The molecule has 1 rings (SSSR count). The van der Waals surface area contributed by atoms with Crippen LogP contribution in [-0.2, 0) is 16.0 Å². The smallest absolute Gasteiger partial charge is 0.328 e. The average Bonchev–Trinajstić information content (AvgIpc) is 2.64. The van der Waals surface area contributed by atoms with Crippen LogP contribution in [0.5, 0.6) is 11.5 Å². The number of amides is 2. The van der Waals surface area contributed by atoms with Crippen LogP contribution in [0.3, 0.4) is 0 Å². The van der Waals surface area contributed by atoms with Crippen LogP contribution in [-0.4, -0.2) is 57.9 Å². The Morgan fingerprint density at radius 1 is 1.16 bits per heavy atom. The number of hydrogen-bond acceptors (Lipinski definition) is 6. The second-order valence-electron chi connectivity index (χ2n) is 5.20. The lowest BCUT2D eigenvalue weighted by Crippen LogP contribution is -2.47. The van der Waals surface area contributed by atoms with Gasteiger partial charge in [-0.1, -0.05) is 6.07 Å². The Bertz CT molecular complexity index is 568. The third kappa shape index (κ3) is 7.13. The summed E-state index contributed by atoms with van der Waals surface area (Å²) in [6.45, 7) is 0.428. The third-order valence-electron chi connectivity index (χ3n) is 3.55. The van der Waals surface area contributed by atoms with Crippen LogP contribution in [0.1, 0.15) is 12.0 Å². The molecule has 0 saturated carbocycles. The molecule has 7 nitrogen and oxygen atoms in total. The molecule has 1 aromatic rings. The fraction of sp³-hybridized carbons (Fsp3) is 0.529. The Labute approximate surface area is 152 Å². The van der Waals surface area contributed by atoms with Crippen molar-refractivity contribution in [3.05, 3.63) is 23.8 Å². The SMILES string of the molecule is COC(=O)[C@H](CCSC)NC(=O)NCCc1ccc(OC)c(OC)c1. The van der Waals surface area contributed by atoms with Gasteiger partial charge in [0.1, 0.15) is 6.04 Å². The van der Waals surface area contributed by atoms with E-state index >= 15 is 0 Å². The summed E-state index contributed by atoms with van der Waals surface area (Å²) in [5, 5.41) is 5.39. The number of ether oxygens (including phenoxy) is 3. The summed E-state index contributed by atoms with van der Waals surface area (Å²) in [7, 11) is 4.47. The molecule has 0 heterocycles. The molecule has 25 heavy (non-hydrogen) atoms. The van der Waals surface area contributed by atoms with E-state index in [0.29, 0.717) is 30.9 Å². The molecule has 140 valence electrons. The van der Waals surface area contributed by atoms with E-state index in [0.717, 1.165) is 11.3 Å². The standard InChI is InChI=1S/C17H26N2O5S/c1-22-14-6-5-12(11-15(14)23-2)7-9-18-17(21)19-13(8-10-25-4)16(20)24-3/h5-6,11,13H,7-10H2,1-4H3,(H2,18,19,21)/t13-/m0/s1. The summed E-state index contributed by atoms with van der Waals surface area (Å²) in [5.74, 6) is 1.62. The van der Waals surface area contributed by atoms with Gasteiger partial charge in [-0.3, -0.25) is 0 Å². The molecule has 0 aliphatic heterocycles. The normalized spacial score (nSPS) is 11.4. The van der Waals surface area contributed by atoms with Crippen molar-refractivity contribution in [3.63, 3.8) is 0 Å². The predicted molar refractivity (Wildman–Crippen MR) is 98.6 cm³/mol. The van der Waals surface area contributed by atoms with Crippen LogP contribution >= 0.6 is 11.8 Å². The number of hydrogen-bond donors (Lipinski definition) is 2. The summed E-state index contributed by atoms with van der Waals surface area (Å²) < 4.78 is 15.2. The highest BCUT2D eigenvalue weighted by atomic mass is 32.2. The van der Waals surface area contributed by atoms with Crippen LogP contribution in [0.25, 0.3) is 0 Å². The van der Waals surface area contributed by atoms with E-state index < -0.39 is 18.0 Å². The van der Waals surface area contributed by atoms with Gasteiger partial charge in [-0.15, -0.1) is 0 Å². The molecule has 0 spiro atoms. The predicted octanol–water partition coefficient (Wildman–Crippen LogP) is 1.84. The number of methoxy groups -OCH3 is 3. The van der Waals surface area contributed by atoms with Crippen molar-refractivity contribution in [2.75, 3.05) is 39.9 Å². The average molecular weight is 370 g/mol. The van der Waals surface area contributed by atoms with Crippen molar-refractivity contribution >= 4 is 23.8 Å². The van der Waals surface area contributed by atoms with E-state index in [2.05, 4.69) is 10.6 Å². The first-order chi connectivity index (χ1) is 12.0. The number of carbonyl (C=O) groups excluding carboxylic acids is 2. The molecule has 2 amide bonds. The lowest BCUT2D eigenvalue weighted by molar-refractivity contribution is -0.142. The summed E-state index contributed by atoms with van der Waals surface area (Å²) in [6, 6.07) is 4.57. The van der Waals surface area contributed by atoms with E-state index in [4.69, 9.17) is 14.2 Å². The minimum atomic E-state index is -0.640. The minimum Gasteiger partial charge on any atom is -0.493 e. The van der Waals surface area contributed by atoms with Crippen molar-refractivity contribution in [1.29, 1.82) is 0 Å². The summed E-state index contributed by atoms with van der Waals surface area (Å²) in [4.78, 5) is 23.6. The van der Waals surface area contributed by atoms with Gasteiger partial charge in [-0.05, 0) is 42.5 Å². The van der Waals surface area contributed by atoms with Gasteiger partial charge in [-0.2, -0.15) is 11.8 Å². The van der Waals surface area contributed by atoms with Crippen LogP contribution in [0, 0.1) is 0 Å². The first kappa shape index (κ1) is 21.0. The number of benzene rings is 1. The van der Waals surface area contributed by atoms with Gasteiger partial charge in [-0.25, -0.2) is 9.59 Å². The second-order valence-corrected chi connectivity index (χ2v) is 6.18. The van der Waals surface area contributed by atoms with Crippen LogP contribution in [0.15, 0.2) is 18.2 Å². The third-order valence-corrected chi connectivity index (χ3v) is 4.19. The monoisotopic (exact) mass is 370 g/mol. The lowest BCUT2D eigenvalue weighted by atomic mass is 10.1. The maximum atomic E-state index is 12.0. The topological polar surface area (TPSA) is 85.9 Å². The van der Waals surface area contributed by atoms with E-state index in [9.17, 15) is 9.59 Å². The number of esters is 1. The van der Waals surface area contributed by atoms with Crippen LogP contribution in [0.2, 0.25) is 0 Å². The second kappa shape index (κ2) is 11.5. The van der Waals surface area contributed by atoms with Crippen LogP contribution in [0.4, 0.5) is 4.79 Å². The van der Waals surface area contributed by atoms with E-state index in [1.807, 2.05) is 24.5 Å². The molecule has 0 bridgehead atoms. The molecule has 8 heteroatoms. The summed E-state index contributed by atoms with van der Waals surface area (Å²) in [5.41, 5.74) is 1.00. The quantitative estimate of drug-likeness (QED) is 0.611. The van der Waals surface area contributed by atoms with Gasteiger partial charge in [0, 0.05) is 6.54 Å². The van der Waals surface area contributed by atoms with Gasteiger partial charge in [0.25, 0.3) is 0 Å². The Kier molecular flexibility index (Phi) is 9.61. The van der Waals surface area contributed by atoms with Gasteiger partial charge in [0.05, 0.1) is 21.3 Å². The molecule has 0 aromatic heterocycles. The van der Waals surface area contributed by atoms with Crippen molar-refractivity contribution in [1.82, 2.24) is 10.6 Å². The number of nitrogens with one attached hydrogen (secondary N) is 2. The summed E-state index contributed by atoms with van der Waals surface area (Å²) >= 11 is 1.60. The molecule has 0 fully saturated rings. The molecule has 0 unspecified atom stereocenters. The van der Waals surface area contributed by atoms with E-state index in [1.54, 1.807) is 26.0 Å². The molecule has 0 aliphatic rings. The fourth-order valence-corrected chi connectivity index (χ4v) is 2.66. The number of rotatable bonds is 10. The van der Waals surface area contributed by atoms with Crippen molar-refractivity contribution in [2.24, 2.45) is 0 Å². The first-order valence-corrected chi connectivity index (χ1v) is 9.27. The van der Waals surface area contributed by atoms with Gasteiger partial charge in [0.15, 0.2) is 11.5 Å². The molecule has 1 atom stereocenters. The largest absolute Gasteiger partial charge is 0.493 e. The minimum absolute atomic E-state index is 0.392. The fourth-order valence-electron chi connectivity index (χ4n) is 2.19. The molecule has 0 radical (unpaired) electrons. The maximum absolute atomic E-state index is 12.0. The number of carbonyl (C=O) groups is 2. The van der Waals surface area contributed by atoms with Crippen molar-refractivity contribution in [2.45, 2.75) is 18.9 Å². The zero-order valence-corrected chi connectivity index (χ0v) is 15.9. The molecule has 0 saturated heterocycles. The van der Waals surface area contributed by atoms with Crippen molar-refractivity contribution in [3.8, 4) is 11.5 Å². The Hall–Kier alpha value is -2.09. The zero-order valence-electron chi connectivity index (χ0n) is 15.1. The molecule has 2 N–H and O–H groups in total. The van der Waals surface area contributed by atoms with E-state index in [1.165, 1.54) is 7.11 Å². The number of urea groups is 1. The molecule has 1 aromatic carbocycles. The Balaban J connectivity index is 2.49. The van der Waals surface area contributed by atoms with E-state index in [-0.39, 0.29) is 0 Å².